The number of anilines is 1. The van der Waals surface area contributed by atoms with E-state index in [4.69, 9.17) is 0 Å². The first-order valence-corrected chi connectivity index (χ1v) is 9.83. The SMILES string of the molecule is CC1CCN(c2ccc(CNC(=O)CNC(=O)c3ccsc3)cn2)CC1. The number of amides is 2. The van der Waals surface area contributed by atoms with E-state index in [1.165, 1.54) is 24.2 Å². The number of rotatable bonds is 6. The topological polar surface area (TPSA) is 74.3 Å². The van der Waals surface area contributed by atoms with Crippen LogP contribution in [-0.4, -0.2) is 36.4 Å². The molecule has 0 aromatic carbocycles. The molecule has 2 aromatic rings. The van der Waals surface area contributed by atoms with Crippen LogP contribution in [0.25, 0.3) is 0 Å². The molecule has 2 amide bonds. The lowest BCUT2D eigenvalue weighted by Crippen LogP contribution is -2.36. The summed E-state index contributed by atoms with van der Waals surface area (Å²) in [6.45, 7) is 4.76. The van der Waals surface area contributed by atoms with Gasteiger partial charge in [-0.05, 0) is 41.8 Å². The van der Waals surface area contributed by atoms with Crippen LogP contribution in [0.1, 0.15) is 35.7 Å². The van der Waals surface area contributed by atoms with E-state index in [0.717, 1.165) is 30.4 Å². The Morgan fingerprint density at radius 3 is 2.69 bits per heavy atom. The molecule has 3 heterocycles. The summed E-state index contributed by atoms with van der Waals surface area (Å²) in [5.74, 6) is 1.34. The van der Waals surface area contributed by atoms with E-state index in [2.05, 4.69) is 27.4 Å². The van der Waals surface area contributed by atoms with Crippen LogP contribution in [0.5, 0.6) is 0 Å². The fraction of sp³-hybridized carbons (Fsp3) is 0.421. The summed E-state index contributed by atoms with van der Waals surface area (Å²) in [6.07, 6.45) is 4.21. The minimum atomic E-state index is -0.233. The van der Waals surface area contributed by atoms with E-state index in [1.807, 2.05) is 17.5 Å². The average molecular weight is 372 g/mol. The number of hydrogen-bond donors (Lipinski definition) is 2. The molecule has 0 radical (unpaired) electrons. The third-order valence-corrected chi connectivity index (χ3v) is 5.28. The molecule has 0 spiro atoms. The highest BCUT2D eigenvalue weighted by Crippen LogP contribution is 2.21. The Bertz CT molecular complexity index is 723. The van der Waals surface area contributed by atoms with Crippen LogP contribution < -0.4 is 15.5 Å². The number of nitrogens with zero attached hydrogens (tertiary/aromatic N) is 2. The number of carbonyl (C=O) groups excluding carboxylic acids is 2. The number of nitrogens with one attached hydrogen (secondary N) is 2. The zero-order valence-corrected chi connectivity index (χ0v) is 15.7. The average Bonchev–Trinajstić information content (AvgIpc) is 3.20. The number of carbonyl (C=O) groups is 2. The molecule has 3 rings (SSSR count). The quantitative estimate of drug-likeness (QED) is 0.817. The number of pyridine rings is 1. The molecule has 0 bridgehead atoms. The highest BCUT2D eigenvalue weighted by Gasteiger charge is 2.16. The van der Waals surface area contributed by atoms with E-state index in [-0.39, 0.29) is 18.4 Å². The number of piperidine rings is 1. The summed E-state index contributed by atoms with van der Waals surface area (Å²) in [7, 11) is 0. The second-order valence-electron chi connectivity index (χ2n) is 6.67. The number of thiophene rings is 1. The maximum Gasteiger partial charge on any atom is 0.252 e. The van der Waals surface area contributed by atoms with E-state index in [1.54, 1.807) is 17.6 Å². The van der Waals surface area contributed by atoms with Crippen molar-refractivity contribution in [1.29, 1.82) is 0 Å². The summed E-state index contributed by atoms with van der Waals surface area (Å²) in [4.78, 5) is 30.5. The zero-order valence-electron chi connectivity index (χ0n) is 14.9. The molecule has 6 nitrogen and oxygen atoms in total. The Labute approximate surface area is 157 Å². The van der Waals surface area contributed by atoms with Gasteiger partial charge < -0.3 is 15.5 Å². The van der Waals surface area contributed by atoms with Gasteiger partial charge in [-0.15, -0.1) is 0 Å². The highest BCUT2D eigenvalue weighted by molar-refractivity contribution is 7.08. The molecule has 0 unspecified atom stereocenters. The number of aromatic nitrogens is 1. The van der Waals surface area contributed by atoms with Crippen LogP contribution in [0.4, 0.5) is 5.82 Å². The molecule has 2 N–H and O–H groups in total. The van der Waals surface area contributed by atoms with Gasteiger partial charge in [-0.2, -0.15) is 11.3 Å². The molecule has 1 aliphatic heterocycles. The Morgan fingerprint density at radius 1 is 1.23 bits per heavy atom. The fourth-order valence-electron chi connectivity index (χ4n) is 2.87. The Hall–Kier alpha value is -2.41. The predicted molar refractivity (Wildman–Crippen MR) is 103 cm³/mol. The van der Waals surface area contributed by atoms with Crippen molar-refractivity contribution in [2.75, 3.05) is 24.5 Å². The molecule has 0 aliphatic carbocycles. The van der Waals surface area contributed by atoms with Gasteiger partial charge in [0, 0.05) is 36.8 Å². The zero-order chi connectivity index (χ0) is 18.4. The molecular formula is C19H24N4O2S. The van der Waals surface area contributed by atoms with Crippen LogP contribution in [-0.2, 0) is 11.3 Å². The van der Waals surface area contributed by atoms with Gasteiger partial charge in [-0.25, -0.2) is 4.98 Å². The maximum atomic E-state index is 11.9. The van der Waals surface area contributed by atoms with Gasteiger partial charge >= 0.3 is 0 Å². The molecule has 26 heavy (non-hydrogen) atoms. The van der Waals surface area contributed by atoms with Crippen LogP contribution in [0.15, 0.2) is 35.2 Å². The lowest BCUT2D eigenvalue weighted by Gasteiger charge is -2.31. The van der Waals surface area contributed by atoms with Crippen LogP contribution in [0.2, 0.25) is 0 Å². The highest BCUT2D eigenvalue weighted by atomic mass is 32.1. The van der Waals surface area contributed by atoms with Gasteiger partial charge in [0.05, 0.1) is 6.54 Å². The van der Waals surface area contributed by atoms with E-state index >= 15 is 0 Å². The van der Waals surface area contributed by atoms with Crippen molar-refractivity contribution >= 4 is 29.0 Å². The van der Waals surface area contributed by atoms with Crippen molar-refractivity contribution in [3.63, 3.8) is 0 Å². The summed E-state index contributed by atoms with van der Waals surface area (Å²) in [5, 5.41) is 8.99. The summed E-state index contributed by atoms with van der Waals surface area (Å²) >= 11 is 1.45. The van der Waals surface area contributed by atoms with Crippen LogP contribution in [0, 0.1) is 5.92 Å². The minimum Gasteiger partial charge on any atom is -0.357 e. The van der Waals surface area contributed by atoms with Crippen LogP contribution in [0.3, 0.4) is 0 Å². The molecule has 0 atom stereocenters. The van der Waals surface area contributed by atoms with Crippen molar-refractivity contribution in [1.82, 2.24) is 15.6 Å². The molecule has 1 saturated heterocycles. The van der Waals surface area contributed by atoms with Gasteiger partial charge in [0.1, 0.15) is 5.82 Å². The molecule has 1 aliphatic rings. The summed E-state index contributed by atoms with van der Waals surface area (Å²) in [6, 6.07) is 5.73. The number of hydrogen-bond acceptors (Lipinski definition) is 5. The maximum absolute atomic E-state index is 11.9. The predicted octanol–water partition coefficient (Wildman–Crippen LogP) is 2.43. The van der Waals surface area contributed by atoms with Crippen molar-refractivity contribution in [2.45, 2.75) is 26.3 Å². The first-order chi connectivity index (χ1) is 12.6. The van der Waals surface area contributed by atoms with Gasteiger partial charge in [0.25, 0.3) is 5.91 Å². The normalized spacial score (nSPS) is 14.9. The smallest absolute Gasteiger partial charge is 0.252 e. The lowest BCUT2D eigenvalue weighted by atomic mass is 9.99. The van der Waals surface area contributed by atoms with Gasteiger partial charge in [0.15, 0.2) is 0 Å². The standard InChI is InChI=1S/C19H24N4O2S/c1-14-4-7-23(8-5-14)17-3-2-15(10-20-17)11-21-18(24)12-22-19(25)16-6-9-26-13-16/h2-3,6,9-10,13-14H,4-5,7-8,11-12H2,1H3,(H,21,24)(H,22,25). The third-order valence-electron chi connectivity index (χ3n) is 4.60. The van der Waals surface area contributed by atoms with Crippen LogP contribution >= 0.6 is 11.3 Å². The van der Waals surface area contributed by atoms with Gasteiger partial charge in [0.2, 0.25) is 5.91 Å². The Kier molecular flexibility index (Phi) is 6.22. The minimum absolute atomic E-state index is 0.0356. The first kappa shape index (κ1) is 18.4. The second kappa shape index (κ2) is 8.80. The lowest BCUT2D eigenvalue weighted by molar-refractivity contribution is -0.120. The molecule has 0 saturated carbocycles. The Balaban J connectivity index is 1.41. The first-order valence-electron chi connectivity index (χ1n) is 8.89. The molecule has 138 valence electrons. The van der Waals surface area contributed by atoms with Crippen molar-refractivity contribution in [3.8, 4) is 0 Å². The van der Waals surface area contributed by atoms with Crippen molar-refractivity contribution in [3.05, 3.63) is 46.3 Å². The van der Waals surface area contributed by atoms with Crippen molar-refractivity contribution < 1.29 is 9.59 Å². The largest absolute Gasteiger partial charge is 0.357 e. The monoisotopic (exact) mass is 372 g/mol. The molecule has 7 heteroatoms. The van der Waals surface area contributed by atoms with Gasteiger partial charge in [-0.3, -0.25) is 9.59 Å². The molecule has 1 fully saturated rings. The van der Waals surface area contributed by atoms with Gasteiger partial charge in [-0.1, -0.05) is 13.0 Å². The summed E-state index contributed by atoms with van der Waals surface area (Å²) < 4.78 is 0. The fourth-order valence-corrected chi connectivity index (χ4v) is 3.50. The Morgan fingerprint density at radius 2 is 2.04 bits per heavy atom. The van der Waals surface area contributed by atoms with E-state index in [0.29, 0.717) is 12.1 Å². The second-order valence-corrected chi connectivity index (χ2v) is 7.45. The van der Waals surface area contributed by atoms with E-state index < -0.39 is 0 Å². The third kappa shape index (κ3) is 5.05. The molecular weight excluding hydrogens is 348 g/mol. The summed E-state index contributed by atoms with van der Waals surface area (Å²) in [5.41, 5.74) is 1.52. The van der Waals surface area contributed by atoms with Crippen molar-refractivity contribution in [2.24, 2.45) is 5.92 Å². The van der Waals surface area contributed by atoms with E-state index in [9.17, 15) is 9.59 Å². The molecule has 2 aromatic heterocycles.